The zero-order valence-electron chi connectivity index (χ0n) is 17.2. The smallest absolute Gasteiger partial charge is 0.133 e. The van der Waals surface area contributed by atoms with Gasteiger partial charge in [-0.15, -0.1) is 0 Å². The van der Waals surface area contributed by atoms with Crippen LogP contribution in [0.4, 0.5) is 5.82 Å². The molecule has 2 aliphatic carbocycles. The predicted octanol–water partition coefficient (Wildman–Crippen LogP) is 2.61. The van der Waals surface area contributed by atoms with Gasteiger partial charge in [0.05, 0.1) is 17.7 Å². The van der Waals surface area contributed by atoms with Gasteiger partial charge in [-0.2, -0.15) is 0 Å². The van der Waals surface area contributed by atoms with E-state index in [0.29, 0.717) is 0 Å². The summed E-state index contributed by atoms with van der Waals surface area (Å²) in [6.07, 6.45) is 2.70. The molecule has 1 aromatic heterocycles. The van der Waals surface area contributed by atoms with Crippen molar-refractivity contribution in [1.29, 1.82) is 0 Å². The monoisotopic (exact) mass is 390 g/mol. The number of nitrogens with one attached hydrogen (secondary N) is 1. The highest BCUT2D eigenvalue weighted by atomic mass is 16.3. The number of nitrogens with zero attached hydrogens (tertiary/aromatic N) is 3. The third-order valence-corrected chi connectivity index (χ3v) is 7.20. The number of aliphatic hydroxyl groups is 1. The first kappa shape index (κ1) is 17.9. The molecule has 4 heterocycles. The average Bonchev–Trinajstić information content (AvgIpc) is 3.54. The first-order valence-electron chi connectivity index (χ1n) is 11.2. The zero-order valence-corrected chi connectivity index (χ0v) is 17.2. The molecule has 29 heavy (non-hydrogen) atoms. The number of benzene rings is 1. The van der Waals surface area contributed by atoms with Crippen molar-refractivity contribution < 1.29 is 5.11 Å². The molecule has 5 aliphatic rings. The van der Waals surface area contributed by atoms with Crippen LogP contribution in [0.25, 0.3) is 10.9 Å². The van der Waals surface area contributed by atoms with Gasteiger partial charge in [-0.3, -0.25) is 4.90 Å². The Bertz CT molecular complexity index is 978. The van der Waals surface area contributed by atoms with Gasteiger partial charge in [-0.25, -0.2) is 4.98 Å². The molecule has 1 aromatic carbocycles. The second kappa shape index (κ2) is 6.79. The topological polar surface area (TPSA) is 51.6 Å². The zero-order chi connectivity index (χ0) is 19.5. The van der Waals surface area contributed by atoms with Gasteiger partial charge in [0, 0.05) is 49.6 Å². The van der Waals surface area contributed by atoms with E-state index in [-0.39, 0.29) is 6.10 Å². The quantitative estimate of drug-likeness (QED) is 0.562. The van der Waals surface area contributed by atoms with E-state index in [4.69, 9.17) is 4.98 Å². The molecule has 0 radical (unpaired) electrons. The lowest BCUT2D eigenvalue weighted by Crippen LogP contribution is -2.37. The molecule has 0 amide bonds. The molecule has 0 spiro atoms. The van der Waals surface area contributed by atoms with Crippen molar-refractivity contribution in [2.45, 2.75) is 44.9 Å². The minimum absolute atomic E-state index is 0.162. The lowest BCUT2D eigenvalue weighted by atomic mass is 10.1. The molecule has 3 saturated heterocycles. The number of piperidine rings is 1. The van der Waals surface area contributed by atoms with Crippen molar-refractivity contribution in [3.8, 4) is 0 Å². The highest BCUT2D eigenvalue weighted by molar-refractivity contribution is 5.82. The van der Waals surface area contributed by atoms with Crippen LogP contribution in [0.1, 0.15) is 30.4 Å². The summed E-state index contributed by atoms with van der Waals surface area (Å²) >= 11 is 0. The van der Waals surface area contributed by atoms with E-state index in [0.717, 1.165) is 62.3 Å². The van der Waals surface area contributed by atoms with Crippen molar-refractivity contribution in [3.63, 3.8) is 0 Å². The van der Waals surface area contributed by atoms with E-state index >= 15 is 0 Å². The van der Waals surface area contributed by atoms with E-state index < -0.39 is 0 Å². The minimum Gasteiger partial charge on any atom is -0.393 e. The Morgan fingerprint density at radius 1 is 1.17 bits per heavy atom. The van der Waals surface area contributed by atoms with Gasteiger partial charge in [0.2, 0.25) is 0 Å². The van der Waals surface area contributed by atoms with Crippen LogP contribution < -0.4 is 10.2 Å². The third kappa shape index (κ3) is 3.16. The lowest BCUT2D eigenvalue weighted by Gasteiger charge is -2.32. The van der Waals surface area contributed by atoms with Crippen molar-refractivity contribution in [2.75, 3.05) is 37.6 Å². The Morgan fingerprint density at radius 2 is 2.00 bits per heavy atom. The van der Waals surface area contributed by atoms with Gasteiger partial charge >= 0.3 is 0 Å². The average molecular weight is 391 g/mol. The highest BCUT2D eigenvalue weighted by Crippen LogP contribution is 2.68. The van der Waals surface area contributed by atoms with Gasteiger partial charge < -0.3 is 15.3 Å². The molecular weight excluding hydrogens is 360 g/mol. The Labute approximate surface area is 172 Å². The molecule has 2 N–H and O–H groups in total. The van der Waals surface area contributed by atoms with E-state index in [1.165, 1.54) is 36.0 Å². The Balaban J connectivity index is 1.13. The molecule has 2 bridgehead atoms. The van der Waals surface area contributed by atoms with E-state index in [2.05, 4.69) is 46.3 Å². The standard InChI is InChI=1S/C24H30N4O/c1-15-3-4-16-12-17(13-25-7-2-8-28-14-19-21-22(19)23(21)28)24(26-20(16)11-15)27-9-5-18(29)6-10-27/h3-4,11-12,18-19,23,25,29H,2,5-10,13-14H2,1H3/t19-,23-. The van der Waals surface area contributed by atoms with Gasteiger partial charge in [0.15, 0.2) is 0 Å². The summed E-state index contributed by atoms with van der Waals surface area (Å²) < 4.78 is 0. The number of aromatic nitrogens is 1. The predicted molar refractivity (Wildman–Crippen MR) is 116 cm³/mol. The number of fused-ring (bicyclic) bond motifs is 2. The largest absolute Gasteiger partial charge is 0.393 e. The number of pyridine rings is 1. The summed E-state index contributed by atoms with van der Waals surface area (Å²) in [4.78, 5) is 10.1. The molecule has 0 atom stereocenters. The molecule has 3 aliphatic heterocycles. The number of hydrogen-bond acceptors (Lipinski definition) is 5. The van der Waals surface area contributed by atoms with Crippen LogP contribution in [0.5, 0.6) is 0 Å². The molecular formula is C24H30N4O. The number of rotatable bonds is 7. The molecule has 5 heteroatoms. The van der Waals surface area contributed by atoms with Crippen LogP contribution in [-0.2, 0) is 6.54 Å². The number of aryl methyl sites for hydroxylation is 1. The van der Waals surface area contributed by atoms with Gasteiger partial charge in [0.25, 0.3) is 0 Å². The number of aliphatic hydroxyl groups excluding tert-OH is 1. The second-order valence-electron chi connectivity index (χ2n) is 9.28. The molecule has 5 nitrogen and oxygen atoms in total. The van der Waals surface area contributed by atoms with Crippen LogP contribution in [0.2, 0.25) is 0 Å². The fraction of sp³-hybridized carbons (Fsp3) is 0.542. The van der Waals surface area contributed by atoms with Gasteiger partial charge in [-0.05, 0) is 61.6 Å². The Hall–Kier alpha value is -1.95. The normalized spacial score (nSPS) is 25.8. The maximum absolute atomic E-state index is 9.90. The summed E-state index contributed by atoms with van der Waals surface area (Å²) in [6.45, 7) is 8.30. The fourth-order valence-corrected chi connectivity index (χ4v) is 5.41. The van der Waals surface area contributed by atoms with Crippen molar-refractivity contribution in [2.24, 2.45) is 5.92 Å². The van der Waals surface area contributed by atoms with Crippen LogP contribution in [0, 0.1) is 12.8 Å². The van der Waals surface area contributed by atoms with E-state index in [1.807, 2.05) is 0 Å². The first-order chi connectivity index (χ1) is 14.2. The van der Waals surface area contributed by atoms with Crippen LogP contribution in [-0.4, -0.2) is 59.9 Å². The minimum atomic E-state index is -0.162. The molecule has 2 aromatic rings. The number of hydrogen-bond donors (Lipinski definition) is 2. The van der Waals surface area contributed by atoms with Crippen molar-refractivity contribution in [1.82, 2.24) is 15.2 Å². The van der Waals surface area contributed by atoms with Crippen molar-refractivity contribution >= 4 is 16.7 Å². The molecule has 0 unspecified atom stereocenters. The lowest BCUT2D eigenvalue weighted by molar-refractivity contribution is 0.145. The Kier molecular flexibility index (Phi) is 4.19. The highest BCUT2D eigenvalue weighted by Gasteiger charge is 2.67. The SMILES string of the molecule is Cc1ccc2cc(CNCCCN3C[C@H]4C5=C4[C@H]53)c(N3CCC(O)CC3)nc2c1. The second-order valence-corrected chi connectivity index (χ2v) is 9.28. The molecule has 0 saturated carbocycles. The maximum atomic E-state index is 9.90. The van der Waals surface area contributed by atoms with Gasteiger partial charge in [0.1, 0.15) is 5.82 Å². The van der Waals surface area contributed by atoms with Crippen molar-refractivity contribution in [3.05, 3.63) is 46.5 Å². The molecule has 7 rings (SSSR count). The first-order valence-corrected chi connectivity index (χ1v) is 11.2. The van der Waals surface area contributed by atoms with Crippen LogP contribution in [0.3, 0.4) is 0 Å². The Morgan fingerprint density at radius 3 is 2.76 bits per heavy atom. The molecule has 152 valence electrons. The van der Waals surface area contributed by atoms with Crippen LogP contribution >= 0.6 is 0 Å². The molecule has 3 fully saturated rings. The van der Waals surface area contributed by atoms with Crippen LogP contribution in [0.15, 0.2) is 35.4 Å². The fourth-order valence-electron chi connectivity index (χ4n) is 5.41. The van der Waals surface area contributed by atoms with Gasteiger partial charge in [-0.1, -0.05) is 12.1 Å². The van der Waals surface area contributed by atoms with E-state index in [9.17, 15) is 5.11 Å². The summed E-state index contributed by atoms with van der Waals surface area (Å²) in [6, 6.07) is 9.64. The third-order valence-electron chi connectivity index (χ3n) is 7.20. The summed E-state index contributed by atoms with van der Waals surface area (Å²) in [5.41, 5.74) is 7.16. The summed E-state index contributed by atoms with van der Waals surface area (Å²) in [5, 5.41) is 14.8. The maximum Gasteiger partial charge on any atom is 0.133 e. The summed E-state index contributed by atoms with van der Waals surface area (Å²) in [5.74, 6) is 2.02. The van der Waals surface area contributed by atoms with E-state index in [1.54, 1.807) is 11.1 Å². The number of anilines is 1. The summed E-state index contributed by atoms with van der Waals surface area (Å²) in [7, 11) is 0.